The first-order valence-electron chi connectivity index (χ1n) is 12.4. The van der Waals surface area contributed by atoms with Crippen LogP contribution in [0.25, 0.3) is 0 Å². The summed E-state index contributed by atoms with van der Waals surface area (Å²) in [6, 6.07) is 19.5. The fourth-order valence-corrected chi connectivity index (χ4v) is 7.75. The van der Waals surface area contributed by atoms with Crippen molar-refractivity contribution in [2.75, 3.05) is 24.3 Å². The Morgan fingerprint density at radius 3 is 2.62 bits per heavy atom. The first-order valence-corrected chi connectivity index (χ1v) is 12.8. The number of fused-ring (bicyclic) bond motifs is 7. The first-order chi connectivity index (χ1) is 18.0. The van der Waals surface area contributed by atoms with E-state index in [2.05, 4.69) is 15.5 Å². The van der Waals surface area contributed by atoms with E-state index in [0.29, 0.717) is 51.8 Å². The zero-order chi connectivity index (χ0) is 25.5. The third kappa shape index (κ3) is 2.53. The molecule has 7 nitrogen and oxygen atoms in total. The molecule has 2 N–H and O–H groups in total. The van der Waals surface area contributed by atoms with Crippen LogP contribution in [-0.2, 0) is 20.5 Å². The molecule has 4 aliphatic rings. The van der Waals surface area contributed by atoms with Gasteiger partial charge in [-0.3, -0.25) is 19.3 Å². The minimum absolute atomic E-state index is 0.178. The summed E-state index contributed by atoms with van der Waals surface area (Å²) in [6.45, 7) is 0.586. The summed E-state index contributed by atoms with van der Waals surface area (Å²) in [4.78, 5) is 45.5. The number of ketones is 1. The second-order valence-electron chi connectivity index (χ2n) is 10.1. The number of methoxy groups -OCH3 is 1. The van der Waals surface area contributed by atoms with Gasteiger partial charge in [-0.05, 0) is 49.2 Å². The fourth-order valence-electron chi connectivity index (χ4n) is 7.53. The van der Waals surface area contributed by atoms with E-state index in [4.69, 9.17) is 16.3 Å². The van der Waals surface area contributed by atoms with Crippen molar-refractivity contribution < 1.29 is 19.1 Å². The zero-order valence-electron chi connectivity index (χ0n) is 20.1. The van der Waals surface area contributed by atoms with Crippen LogP contribution in [0.4, 0.5) is 11.4 Å². The average molecular weight is 514 g/mol. The van der Waals surface area contributed by atoms with Crippen LogP contribution in [0.3, 0.4) is 0 Å². The summed E-state index contributed by atoms with van der Waals surface area (Å²) in [7, 11) is 1.55. The summed E-state index contributed by atoms with van der Waals surface area (Å²) < 4.78 is 5.40. The second kappa shape index (κ2) is 7.66. The molecule has 0 saturated carbocycles. The van der Waals surface area contributed by atoms with Crippen LogP contribution >= 0.6 is 11.6 Å². The van der Waals surface area contributed by atoms with Crippen molar-refractivity contribution in [2.45, 2.75) is 29.8 Å². The molecule has 0 aliphatic carbocycles. The molecular weight excluding hydrogens is 490 g/mol. The molecule has 3 aromatic carbocycles. The monoisotopic (exact) mass is 513 g/mol. The SMILES string of the molecule is COc1cccc(C(=O)[C@@H]2[C@@H]3CCCN3[C@]3(C(=O)Nc4c(Cl)cccc43)[C@@]23C(=O)Nc2ccccc23)c1. The predicted octanol–water partition coefficient (Wildman–Crippen LogP) is 4.36. The largest absolute Gasteiger partial charge is 0.497 e. The number of nitrogens with zero attached hydrogens (tertiary/aromatic N) is 1. The molecule has 2 amide bonds. The van der Waals surface area contributed by atoms with Gasteiger partial charge >= 0.3 is 0 Å². The molecule has 7 rings (SSSR count). The average Bonchev–Trinajstić information content (AvgIpc) is 3.63. The summed E-state index contributed by atoms with van der Waals surface area (Å²) in [5, 5.41) is 6.45. The third-order valence-electron chi connectivity index (χ3n) is 8.72. The number of carbonyl (C=O) groups excluding carboxylic acids is 3. The van der Waals surface area contributed by atoms with Crippen LogP contribution < -0.4 is 15.4 Å². The van der Waals surface area contributed by atoms with Crippen molar-refractivity contribution in [2.24, 2.45) is 5.92 Å². The molecule has 186 valence electrons. The van der Waals surface area contributed by atoms with E-state index in [0.717, 1.165) is 6.42 Å². The van der Waals surface area contributed by atoms with E-state index < -0.39 is 16.9 Å². The van der Waals surface area contributed by atoms with Crippen LogP contribution in [0, 0.1) is 5.92 Å². The van der Waals surface area contributed by atoms with Crippen LogP contribution in [0.15, 0.2) is 66.7 Å². The Labute approximate surface area is 218 Å². The molecule has 3 aromatic rings. The number of rotatable bonds is 3. The first kappa shape index (κ1) is 22.5. The molecule has 2 saturated heterocycles. The topological polar surface area (TPSA) is 87.7 Å². The van der Waals surface area contributed by atoms with E-state index in [9.17, 15) is 14.4 Å². The van der Waals surface area contributed by atoms with Gasteiger partial charge in [-0.15, -0.1) is 0 Å². The summed E-state index contributed by atoms with van der Waals surface area (Å²) in [6.07, 6.45) is 1.51. The Kier molecular flexibility index (Phi) is 4.66. The van der Waals surface area contributed by atoms with Crippen molar-refractivity contribution in [3.05, 3.63) is 88.4 Å². The maximum absolute atomic E-state index is 14.6. The lowest BCUT2D eigenvalue weighted by molar-refractivity contribution is -0.137. The van der Waals surface area contributed by atoms with Gasteiger partial charge in [0.1, 0.15) is 16.7 Å². The highest BCUT2D eigenvalue weighted by Gasteiger charge is 2.81. The Balaban J connectivity index is 1.58. The minimum Gasteiger partial charge on any atom is -0.497 e. The zero-order valence-corrected chi connectivity index (χ0v) is 20.8. The molecule has 8 heteroatoms. The van der Waals surface area contributed by atoms with Crippen molar-refractivity contribution in [1.29, 1.82) is 0 Å². The van der Waals surface area contributed by atoms with Gasteiger partial charge in [-0.2, -0.15) is 0 Å². The van der Waals surface area contributed by atoms with Gasteiger partial charge < -0.3 is 15.4 Å². The van der Waals surface area contributed by atoms with Gasteiger partial charge in [0, 0.05) is 22.9 Å². The Morgan fingerprint density at radius 2 is 1.78 bits per heavy atom. The van der Waals surface area contributed by atoms with Gasteiger partial charge in [0.15, 0.2) is 5.78 Å². The van der Waals surface area contributed by atoms with Crippen LogP contribution in [0.2, 0.25) is 5.02 Å². The lowest BCUT2D eigenvalue weighted by Gasteiger charge is -2.43. The fraction of sp³-hybridized carbons (Fsp3) is 0.276. The number of benzene rings is 3. The van der Waals surface area contributed by atoms with Gasteiger partial charge in [-0.25, -0.2) is 0 Å². The molecule has 0 aromatic heterocycles. The van der Waals surface area contributed by atoms with Crippen LogP contribution in [0.1, 0.15) is 34.3 Å². The van der Waals surface area contributed by atoms with Crippen molar-refractivity contribution in [3.8, 4) is 5.75 Å². The van der Waals surface area contributed by atoms with Crippen LogP contribution in [0.5, 0.6) is 5.75 Å². The van der Waals surface area contributed by atoms with Gasteiger partial charge in [0.2, 0.25) is 5.91 Å². The lowest BCUT2D eigenvalue weighted by atomic mass is 9.57. The molecule has 2 fully saturated rings. The smallest absolute Gasteiger partial charge is 0.251 e. The number of halogens is 1. The molecular formula is C29H24ClN3O4. The molecule has 2 spiro atoms. The maximum Gasteiger partial charge on any atom is 0.251 e. The number of anilines is 2. The molecule has 37 heavy (non-hydrogen) atoms. The number of para-hydroxylation sites is 2. The highest BCUT2D eigenvalue weighted by molar-refractivity contribution is 6.35. The molecule has 0 bridgehead atoms. The van der Waals surface area contributed by atoms with E-state index in [1.54, 1.807) is 43.5 Å². The standard InChI is InChI=1S/C29H24ClN3O4/c1-37-17-8-4-7-16(15-17)25(34)23-22-13-6-14-33(22)29(19-10-5-11-20(30)24(19)32-27(29)36)28(23)18-9-2-3-12-21(18)31-26(28)35/h2-5,7-12,15,22-23H,6,13-14H2,1H3,(H,31,35)(H,32,36)/t22-,23-,28+,29+/m0/s1. The van der Waals surface area contributed by atoms with Gasteiger partial charge in [0.05, 0.1) is 23.7 Å². The number of Topliss-reactive ketones (excluding diaryl/α,β-unsaturated/α-hetero) is 1. The van der Waals surface area contributed by atoms with Crippen molar-refractivity contribution >= 4 is 40.6 Å². The Hall–Kier alpha value is -3.68. The highest BCUT2D eigenvalue weighted by Crippen LogP contribution is 2.68. The van der Waals surface area contributed by atoms with E-state index in [1.165, 1.54) is 0 Å². The predicted molar refractivity (Wildman–Crippen MR) is 139 cm³/mol. The normalized spacial score (nSPS) is 29.2. The Bertz CT molecular complexity index is 1520. The molecule has 4 aliphatic heterocycles. The van der Waals surface area contributed by atoms with E-state index in [1.807, 2.05) is 30.3 Å². The molecule has 4 atom stereocenters. The van der Waals surface area contributed by atoms with Crippen molar-refractivity contribution in [1.82, 2.24) is 4.90 Å². The second-order valence-corrected chi connectivity index (χ2v) is 10.5. The number of ether oxygens (including phenoxy) is 1. The summed E-state index contributed by atoms with van der Waals surface area (Å²) in [5.41, 5.74) is -0.0254. The number of nitrogens with one attached hydrogen (secondary N) is 2. The lowest BCUT2D eigenvalue weighted by Crippen LogP contribution is -2.62. The Morgan fingerprint density at radius 1 is 1.00 bits per heavy atom. The maximum atomic E-state index is 14.6. The van der Waals surface area contributed by atoms with Gasteiger partial charge in [-0.1, -0.05) is 54.1 Å². The van der Waals surface area contributed by atoms with E-state index >= 15 is 0 Å². The quantitative estimate of drug-likeness (QED) is 0.508. The summed E-state index contributed by atoms with van der Waals surface area (Å²) in [5.74, 6) is -1.09. The molecule has 0 radical (unpaired) electrons. The van der Waals surface area contributed by atoms with Crippen LogP contribution in [-0.4, -0.2) is 42.2 Å². The molecule has 4 heterocycles. The minimum atomic E-state index is -1.49. The van der Waals surface area contributed by atoms with Gasteiger partial charge in [0.25, 0.3) is 5.91 Å². The highest BCUT2D eigenvalue weighted by atomic mass is 35.5. The summed E-state index contributed by atoms with van der Waals surface area (Å²) >= 11 is 6.58. The number of hydrogen-bond acceptors (Lipinski definition) is 5. The number of amides is 2. The number of carbonyl (C=O) groups is 3. The number of hydrogen-bond donors (Lipinski definition) is 2. The van der Waals surface area contributed by atoms with E-state index in [-0.39, 0.29) is 23.6 Å². The third-order valence-corrected chi connectivity index (χ3v) is 9.03. The van der Waals surface area contributed by atoms with Crippen molar-refractivity contribution in [3.63, 3.8) is 0 Å². The molecule has 0 unspecified atom stereocenters.